The molecule has 0 fully saturated rings. The standard InChI is InChI=1S/C8H20O3SSi/c1-10-13(2,8-4-7-12)11-6-3-5-9/h9,12H,3-8H2,1-2H3. The summed E-state index contributed by atoms with van der Waals surface area (Å²) in [6.45, 7) is 2.83. The maximum Gasteiger partial charge on any atom is 0.334 e. The molecule has 1 unspecified atom stereocenters. The summed E-state index contributed by atoms with van der Waals surface area (Å²) in [6, 6.07) is 0.971. The molecule has 80 valence electrons. The lowest BCUT2D eigenvalue weighted by Gasteiger charge is -2.24. The average Bonchev–Trinajstić information content (AvgIpc) is 2.15. The summed E-state index contributed by atoms with van der Waals surface area (Å²) in [5, 5.41) is 8.59. The molecule has 0 aromatic heterocycles. The third-order valence-electron chi connectivity index (χ3n) is 1.93. The van der Waals surface area contributed by atoms with Crippen LogP contribution < -0.4 is 0 Å². The van der Waals surface area contributed by atoms with Gasteiger partial charge in [0.1, 0.15) is 0 Å². The topological polar surface area (TPSA) is 38.7 Å². The minimum atomic E-state index is -1.94. The zero-order valence-corrected chi connectivity index (χ0v) is 10.3. The van der Waals surface area contributed by atoms with Crippen molar-refractivity contribution in [1.29, 1.82) is 0 Å². The predicted molar refractivity (Wildman–Crippen MR) is 59.6 cm³/mol. The van der Waals surface area contributed by atoms with Gasteiger partial charge < -0.3 is 14.0 Å². The van der Waals surface area contributed by atoms with E-state index in [0.29, 0.717) is 13.0 Å². The molecule has 0 aliphatic heterocycles. The second-order valence-electron chi connectivity index (χ2n) is 3.09. The van der Waals surface area contributed by atoms with Crippen molar-refractivity contribution >= 4 is 21.2 Å². The van der Waals surface area contributed by atoms with E-state index in [-0.39, 0.29) is 6.61 Å². The molecule has 0 aromatic carbocycles. The van der Waals surface area contributed by atoms with Crippen molar-refractivity contribution in [2.24, 2.45) is 0 Å². The highest BCUT2D eigenvalue weighted by Crippen LogP contribution is 2.15. The van der Waals surface area contributed by atoms with Gasteiger partial charge in [0.25, 0.3) is 0 Å². The summed E-state index contributed by atoms with van der Waals surface area (Å²) in [7, 11) is -0.243. The van der Waals surface area contributed by atoms with Crippen LogP contribution in [0.2, 0.25) is 12.6 Å². The molecule has 0 heterocycles. The number of hydrogen-bond acceptors (Lipinski definition) is 4. The monoisotopic (exact) mass is 224 g/mol. The SMILES string of the molecule is CO[Si](C)(CCCS)OCCCO. The lowest BCUT2D eigenvalue weighted by molar-refractivity contribution is 0.179. The molecule has 0 aromatic rings. The molecule has 0 radical (unpaired) electrons. The zero-order valence-electron chi connectivity index (χ0n) is 8.45. The van der Waals surface area contributed by atoms with Gasteiger partial charge in [0.15, 0.2) is 0 Å². The molecular weight excluding hydrogens is 204 g/mol. The van der Waals surface area contributed by atoms with Gasteiger partial charge in [-0.1, -0.05) is 0 Å². The number of thiol groups is 1. The van der Waals surface area contributed by atoms with Crippen LogP contribution in [-0.4, -0.2) is 39.7 Å². The highest BCUT2D eigenvalue weighted by atomic mass is 32.1. The van der Waals surface area contributed by atoms with Crippen LogP contribution in [0.3, 0.4) is 0 Å². The third kappa shape index (κ3) is 6.51. The number of rotatable bonds is 8. The van der Waals surface area contributed by atoms with E-state index in [1.807, 2.05) is 6.55 Å². The lowest BCUT2D eigenvalue weighted by Crippen LogP contribution is -2.37. The van der Waals surface area contributed by atoms with E-state index in [1.165, 1.54) is 0 Å². The van der Waals surface area contributed by atoms with E-state index in [9.17, 15) is 0 Å². The van der Waals surface area contributed by atoms with Gasteiger partial charge in [-0.2, -0.15) is 12.6 Å². The molecule has 0 spiro atoms. The first-order valence-electron chi connectivity index (χ1n) is 4.59. The molecule has 5 heteroatoms. The molecular formula is C8H20O3SSi. The first-order valence-corrected chi connectivity index (χ1v) is 7.75. The Labute approximate surface area is 87.1 Å². The molecule has 1 atom stereocenters. The van der Waals surface area contributed by atoms with Crippen molar-refractivity contribution in [3.05, 3.63) is 0 Å². The predicted octanol–water partition coefficient (Wildman–Crippen LogP) is 1.42. The van der Waals surface area contributed by atoms with Crippen LogP contribution in [0.4, 0.5) is 0 Å². The first kappa shape index (κ1) is 13.4. The molecule has 1 N–H and O–H groups in total. The molecule has 0 saturated heterocycles. The fourth-order valence-corrected chi connectivity index (χ4v) is 3.30. The van der Waals surface area contributed by atoms with Crippen LogP contribution in [0.1, 0.15) is 12.8 Å². The maximum atomic E-state index is 8.59. The van der Waals surface area contributed by atoms with E-state index in [4.69, 9.17) is 14.0 Å². The van der Waals surface area contributed by atoms with Crippen LogP contribution in [0.15, 0.2) is 0 Å². The van der Waals surface area contributed by atoms with Crippen LogP contribution in [0, 0.1) is 0 Å². The van der Waals surface area contributed by atoms with Crippen molar-refractivity contribution < 1.29 is 14.0 Å². The summed E-state index contributed by atoms with van der Waals surface area (Å²) < 4.78 is 11.0. The van der Waals surface area contributed by atoms with Gasteiger partial charge in [-0.15, -0.1) is 0 Å². The van der Waals surface area contributed by atoms with Gasteiger partial charge in [0, 0.05) is 20.3 Å². The van der Waals surface area contributed by atoms with Crippen molar-refractivity contribution in [2.45, 2.75) is 25.4 Å². The summed E-state index contributed by atoms with van der Waals surface area (Å²) in [4.78, 5) is 0. The number of aliphatic hydroxyl groups is 1. The summed E-state index contributed by atoms with van der Waals surface area (Å²) in [5.74, 6) is 0.870. The number of aliphatic hydroxyl groups excluding tert-OH is 1. The van der Waals surface area contributed by atoms with Gasteiger partial charge >= 0.3 is 8.56 Å². The molecule has 0 bridgehead atoms. The van der Waals surface area contributed by atoms with Crippen molar-refractivity contribution in [3.8, 4) is 0 Å². The van der Waals surface area contributed by atoms with Gasteiger partial charge in [-0.05, 0) is 31.2 Å². The van der Waals surface area contributed by atoms with E-state index in [1.54, 1.807) is 7.11 Å². The summed E-state index contributed by atoms with van der Waals surface area (Å²) >= 11 is 4.15. The average molecular weight is 224 g/mol. The summed E-state index contributed by atoms with van der Waals surface area (Å²) in [6.07, 6.45) is 1.71. The van der Waals surface area contributed by atoms with Crippen molar-refractivity contribution in [1.82, 2.24) is 0 Å². The van der Waals surface area contributed by atoms with Crippen molar-refractivity contribution in [2.75, 3.05) is 26.1 Å². The quantitative estimate of drug-likeness (QED) is 0.372. The lowest BCUT2D eigenvalue weighted by atomic mass is 10.5. The van der Waals surface area contributed by atoms with Gasteiger partial charge in [-0.3, -0.25) is 0 Å². The molecule has 0 aliphatic rings. The molecule has 0 aliphatic carbocycles. The van der Waals surface area contributed by atoms with Gasteiger partial charge in [0.05, 0.1) is 0 Å². The Bertz CT molecular complexity index is 126. The van der Waals surface area contributed by atoms with E-state index in [0.717, 1.165) is 18.2 Å². The Morgan fingerprint density at radius 1 is 1.38 bits per heavy atom. The molecule has 0 saturated carbocycles. The maximum absolute atomic E-state index is 8.59. The van der Waals surface area contributed by atoms with E-state index in [2.05, 4.69) is 12.6 Å². The largest absolute Gasteiger partial charge is 0.398 e. The van der Waals surface area contributed by atoms with Crippen LogP contribution >= 0.6 is 12.6 Å². The first-order chi connectivity index (χ1) is 6.18. The Kier molecular flexibility index (Phi) is 8.08. The molecule has 13 heavy (non-hydrogen) atoms. The zero-order chi connectivity index (χ0) is 10.2. The Morgan fingerprint density at radius 3 is 2.54 bits per heavy atom. The molecule has 0 rings (SSSR count). The smallest absolute Gasteiger partial charge is 0.334 e. The fourth-order valence-electron chi connectivity index (χ4n) is 0.986. The number of hydrogen-bond donors (Lipinski definition) is 2. The Morgan fingerprint density at radius 2 is 2.08 bits per heavy atom. The normalized spacial score (nSPS) is 15.7. The van der Waals surface area contributed by atoms with Crippen LogP contribution in [0.5, 0.6) is 0 Å². The van der Waals surface area contributed by atoms with Crippen molar-refractivity contribution in [3.63, 3.8) is 0 Å². The minimum Gasteiger partial charge on any atom is -0.398 e. The summed E-state index contributed by atoms with van der Waals surface area (Å²) in [5.41, 5.74) is 0. The van der Waals surface area contributed by atoms with E-state index < -0.39 is 8.56 Å². The third-order valence-corrected chi connectivity index (χ3v) is 5.19. The second kappa shape index (κ2) is 7.81. The highest BCUT2D eigenvalue weighted by Gasteiger charge is 2.28. The Balaban J connectivity index is 3.67. The fraction of sp³-hybridized carbons (Fsp3) is 1.00. The van der Waals surface area contributed by atoms with Gasteiger partial charge in [-0.25, -0.2) is 0 Å². The van der Waals surface area contributed by atoms with Crippen LogP contribution in [-0.2, 0) is 8.85 Å². The Hall–Kier alpha value is 0.447. The van der Waals surface area contributed by atoms with E-state index >= 15 is 0 Å². The van der Waals surface area contributed by atoms with Gasteiger partial charge in [0.2, 0.25) is 0 Å². The minimum absolute atomic E-state index is 0.181. The molecule has 3 nitrogen and oxygen atoms in total. The highest BCUT2D eigenvalue weighted by molar-refractivity contribution is 7.80. The second-order valence-corrected chi connectivity index (χ2v) is 7.00. The van der Waals surface area contributed by atoms with Crippen LogP contribution in [0.25, 0.3) is 0 Å². The molecule has 0 amide bonds.